The van der Waals surface area contributed by atoms with Crippen molar-refractivity contribution in [1.29, 1.82) is 0 Å². The molecule has 13 heavy (non-hydrogen) atoms. The predicted molar refractivity (Wildman–Crippen MR) is 50.6 cm³/mol. The molecule has 1 atom stereocenters. The number of carbonyl (C=O) groups is 1. The lowest BCUT2D eigenvalue weighted by Crippen LogP contribution is -2.30. The Hall–Kier alpha value is -0.610. The SMILES string of the molecule is COCCCN[C@H](C)CC(=O)OC. The van der Waals surface area contributed by atoms with Crippen LogP contribution >= 0.6 is 0 Å². The number of methoxy groups -OCH3 is 2. The minimum absolute atomic E-state index is 0.171. The molecule has 0 aromatic heterocycles. The molecule has 4 nitrogen and oxygen atoms in total. The molecule has 0 saturated heterocycles. The van der Waals surface area contributed by atoms with Gasteiger partial charge in [-0.3, -0.25) is 4.79 Å². The summed E-state index contributed by atoms with van der Waals surface area (Å²) >= 11 is 0. The maximum absolute atomic E-state index is 10.8. The first-order valence-electron chi connectivity index (χ1n) is 4.49. The van der Waals surface area contributed by atoms with E-state index in [2.05, 4.69) is 10.1 Å². The van der Waals surface area contributed by atoms with Gasteiger partial charge in [0.1, 0.15) is 0 Å². The second-order valence-corrected chi connectivity index (χ2v) is 2.98. The van der Waals surface area contributed by atoms with Gasteiger partial charge in [-0.05, 0) is 19.9 Å². The van der Waals surface area contributed by atoms with E-state index in [0.717, 1.165) is 19.6 Å². The smallest absolute Gasteiger partial charge is 0.307 e. The largest absolute Gasteiger partial charge is 0.469 e. The Morgan fingerprint density at radius 2 is 2.15 bits per heavy atom. The van der Waals surface area contributed by atoms with E-state index < -0.39 is 0 Å². The van der Waals surface area contributed by atoms with E-state index in [-0.39, 0.29) is 12.0 Å². The molecular weight excluding hydrogens is 170 g/mol. The predicted octanol–water partition coefficient (Wildman–Crippen LogP) is 0.564. The molecule has 0 aliphatic rings. The third-order valence-electron chi connectivity index (χ3n) is 1.72. The molecule has 0 rings (SSSR count). The molecule has 1 N–H and O–H groups in total. The average molecular weight is 189 g/mol. The Morgan fingerprint density at radius 1 is 1.46 bits per heavy atom. The summed E-state index contributed by atoms with van der Waals surface area (Å²) in [5.74, 6) is -0.174. The second-order valence-electron chi connectivity index (χ2n) is 2.98. The molecule has 0 fully saturated rings. The van der Waals surface area contributed by atoms with Crippen molar-refractivity contribution in [3.05, 3.63) is 0 Å². The number of ether oxygens (including phenoxy) is 2. The molecule has 0 aromatic rings. The topological polar surface area (TPSA) is 47.6 Å². The monoisotopic (exact) mass is 189 g/mol. The highest BCUT2D eigenvalue weighted by Crippen LogP contribution is 1.92. The first kappa shape index (κ1) is 12.4. The fraction of sp³-hybridized carbons (Fsp3) is 0.889. The summed E-state index contributed by atoms with van der Waals surface area (Å²) in [4.78, 5) is 10.8. The van der Waals surface area contributed by atoms with Crippen molar-refractivity contribution in [3.8, 4) is 0 Å². The number of carbonyl (C=O) groups excluding carboxylic acids is 1. The molecule has 0 bridgehead atoms. The highest BCUT2D eigenvalue weighted by atomic mass is 16.5. The molecule has 78 valence electrons. The van der Waals surface area contributed by atoms with Crippen molar-refractivity contribution in [3.63, 3.8) is 0 Å². The van der Waals surface area contributed by atoms with E-state index in [1.807, 2.05) is 6.92 Å². The summed E-state index contributed by atoms with van der Waals surface area (Å²) in [6.07, 6.45) is 1.38. The number of hydrogen-bond donors (Lipinski definition) is 1. The van der Waals surface area contributed by atoms with Crippen LogP contribution in [0.15, 0.2) is 0 Å². The molecule has 0 aromatic carbocycles. The molecule has 0 aliphatic heterocycles. The van der Waals surface area contributed by atoms with Gasteiger partial charge < -0.3 is 14.8 Å². The zero-order chi connectivity index (χ0) is 10.1. The summed E-state index contributed by atoms with van der Waals surface area (Å²) in [6.45, 7) is 3.58. The van der Waals surface area contributed by atoms with Gasteiger partial charge in [0.05, 0.1) is 13.5 Å². The number of esters is 1. The van der Waals surface area contributed by atoms with Crippen LogP contribution in [0.2, 0.25) is 0 Å². The molecule has 0 saturated carbocycles. The molecular formula is C9H19NO3. The fourth-order valence-electron chi connectivity index (χ4n) is 0.970. The van der Waals surface area contributed by atoms with Gasteiger partial charge in [0.25, 0.3) is 0 Å². The standard InChI is InChI=1S/C9H19NO3/c1-8(7-9(11)13-3)10-5-4-6-12-2/h8,10H,4-7H2,1-3H3/t8-/m1/s1. The lowest BCUT2D eigenvalue weighted by molar-refractivity contribution is -0.141. The number of hydrogen-bond acceptors (Lipinski definition) is 4. The van der Waals surface area contributed by atoms with Gasteiger partial charge >= 0.3 is 5.97 Å². The van der Waals surface area contributed by atoms with Gasteiger partial charge in [-0.25, -0.2) is 0 Å². The van der Waals surface area contributed by atoms with Crippen molar-refractivity contribution in [1.82, 2.24) is 5.32 Å². The van der Waals surface area contributed by atoms with Crippen molar-refractivity contribution >= 4 is 5.97 Å². The average Bonchev–Trinajstić information content (AvgIpc) is 2.12. The van der Waals surface area contributed by atoms with Crippen LogP contribution in [0.1, 0.15) is 19.8 Å². The highest BCUT2D eigenvalue weighted by Gasteiger charge is 2.07. The Morgan fingerprint density at radius 3 is 2.69 bits per heavy atom. The van der Waals surface area contributed by atoms with E-state index in [9.17, 15) is 4.79 Å². The minimum atomic E-state index is -0.174. The van der Waals surface area contributed by atoms with Crippen LogP contribution in [-0.2, 0) is 14.3 Å². The molecule has 4 heteroatoms. The first-order valence-corrected chi connectivity index (χ1v) is 4.49. The lowest BCUT2D eigenvalue weighted by atomic mass is 10.2. The van der Waals surface area contributed by atoms with Gasteiger partial charge in [0.2, 0.25) is 0 Å². The second kappa shape index (κ2) is 8.01. The van der Waals surface area contributed by atoms with Crippen LogP contribution in [0.3, 0.4) is 0 Å². The number of rotatable bonds is 7. The van der Waals surface area contributed by atoms with Crippen molar-refractivity contribution in [2.24, 2.45) is 0 Å². The van der Waals surface area contributed by atoms with Gasteiger partial charge in [-0.2, -0.15) is 0 Å². The molecule has 0 unspecified atom stereocenters. The summed E-state index contributed by atoms with van der Waals surface area (Å²) in [5.41, 5.74) is 0. The van der Waals surface area contributed by atoms with Crippen LogP contribution in [0, 0.1) is 0 Å². The fourth-order valence-corrected chi connectivity index (χ4v) is 0.970. The quantitative estimate of drug-likeness (QED) is 0.469. The zero-order valence-electron chi connectivity index (χ0n) is 8.63. The number of nitrogens with one attached hydrogen (secondary N) is 1. The zero-order valence-corrected chi connectivity index (χ0v) is 8.63. The van der Waals surface area contributed by atoms with Crippen LogP contribution in [0.25, 0.3) is 0 Å². The Labute approximate surface area is 79.6 Å². The third-order valence-corrected chi connectivity index (χ3v) is 1.72. The van der Waals surface area contributed by atoms with Crippen LogP contribution in [-0.4, -0.2) is 39.4 Å². The van der Waals surface area contributed by atoms with Crippen LogP contribution in [0.4, 0.5) is 0 Å². The normalized spacial score (nSPS) is 12.5. The third kappa shape index (κ3) is 7.74. The minimum Gasteiger partial charge on any atom is -0.469 e. The maximum atomic E-state index is 10.8. The first-order chi connectivity index (χ1) is 6.20. The molecule has 0 heterocycles. The van der Waals surface area contributed by atoms with Crippen molar-refractivity contribution in [2.45, 2.75) is 25.8 Å². The van der Waals surface area contributed by atoms with Gasteiger partial charge in [-0.15, -0.1) is 0 Å². The Kier molecular flexibility index (Phi) is 7.63. The molecule has 0 spiro atoms. The van der Waals surface area contributed by atoms with E-state index in [1.165, 1.54) is 7.11 Å². The summed E-state index contributed by atoms with van der Waals surface area (Å²) < 4.78 is 9.44. The lowest BCUT2D eigenvalue weighted by Gasteiger charge is -2.11. The summed E-state index contributed by atoms with van der Waals surface area (Å²) in [7, 11) is 3.08. The molecule has 0 aliphatic carbocycles. The van der Waals surface area contributed by atoms with Gasteiger partial charge in [-0.1, -0.05) is 0 Å². The van der Waals surface area contributed by atoms with E-state index in [0.29, 0.717) is 6.42 Å². The van der Waals surface area contributed by atoms with Gasteiger partial charge in [0, 0.05) is 19.8 Å². The molecule has 0 radical (unpaired) electrons. The van der Waals surface area contributed by atoms with E-state index in [1.54, 1.807) is 7.11 Å². The van der Waals surface area contributed by atoms with E-state index in [4.69, 9.17) is 4.74 Å². The maximum Gasteiger partial charge on any atom is 0.307 e. The highest BCUT2D eigenvalue weighted by molar-refractivity contribution is 5.69. The van der Waals surface area contributed by atoms with Crippen molar-refractivity contribution < 1.29 is 14.3 Å². The van der Waals surface area contributed by atoms with Crippen molar-refractivity contribution in [2.75, 3.05) is 27.4 Å². The summed E-state index contributed by atoms with van der Waals surface area (Å²) in [6, 6.07) is 0.171. The summed E-state index contributed by atoms with van der Waals surface area (Å²) in [5, 5.41) is 3.20. The Bertz CT molecular complexity index is 139. The van der Waals surface area contributed by atoms with Crippen LogP contribution < -0.4 is 5.32 Å². The molecule has 0 amide bonds. The van der Waals surface area contributed by atoms with E-state index >= 15 is 0 Å². The van der Waals surface area contributed by atoms with Gasteiger partial charge in [0.15, 0.2) is 0 Å². The van der Waals surface area contributed by atoms with Crippen LogP contribution in [0.5, 0.6) is 0 Å². The Balaban J connectivity index is 3.29.